The molecular weight excluding hydrogens is 275 g/mol. The summed E-state index contributed by atoms with van der Waals surface area (Å²) in [7, 11) is 1.64. The minimum atomic E-state index is -0.370. The van der Waals surface area contributed by atoms with Crippen molar-refractivity contribution < 1.29 is 4.79 Å². The predicted molar refractivity (Wildman–Crippen MR) is 72.0 cm³/mol. The molecule has 0 aliphatic rings. The van der Waals surface area contributed by atoms with Crippen molar-refractivity contribution >= 4 is 40.5 Å². The van der Waals surface area contributed by atoms with Gasteiger partial charge in [0.05, 0.1) is 11.9 Å². The molecule has 0 radical (unpaired) electrons. The van der Waals surface area contributed by atoms with Crippen molar-refractivity contribution in [2.75, 3.05) is 11.1 Å². The second-order valence-corrected chi connectivity index (χ2v) is 4.56. The summed E-state index contributed by atoms with van der Waals surface area (Å²) >= 11 is 11.7. The van der Waals surface area contributed by atoms with Crippen LogP contribution in [0.5, 0.6) is 0 Å². The lowest BCUT2D eigenvalue weighted by molar-refractivity contribution is 0.101. The van der Waals surface area contributed by atoms with E-state index in [0.717, 1.165) is 0 Å². The lowest BCUT2D eigenvalue weighted by Gasteiger charge is -2.07. The van der Waals surface area contributed by atoms with Crippen LogP contribution in [-0.4, -0.2) is 15.7 Å². The summed E-state index contributed by atoms with van der Waals surface area (Å²) in [6.45, 7) is 0. The third-order valence-electron chi connectivity index (χ3n) is 2.30. The molecule has 0 fully saturated rings. The summed E-state index contributed by atoms with van der Waals surface area (Å²) < 4.78 is 1.40. The molecule has 0 unspecified atom stereocenters. The topological polar surface area (TPSA) is 72.9 Å². The van der Waals surface area contributed by atoms with E-state index in [9.17, 15) is 4.79 Å². The van der Waals surface area contributed by atoms with Gasteiger partial charge in [-0.05, 0) is 18.2 Å². The first-order chi connectivity index (χ1) is 8.47. The quantitative estimate of drug-likeness (QED) is 0.890. The summed E-state index contributed by atoms with van der Waals surface area (Å²) in [6.07, 6.45) is 1.42. The van der Waals surface area contributed by atoms with Crippen molar-refractivity contribution in [3.63, 3.8) is 0 Å². The number of aryl methyl sites for hydroxylation is 1. The molecule has 0 saturated heterocycles. The molecule has 1 aromatic heterocycles. The fourth-order valence-electron chi connectivity index (χ4n) is 1.55. The largest absolute Gasteiger partial charge is 0.396 e. The molecule has 0 aliphatic carbocycles. The number of hydrogen-bond acceptors (Lipinski definition) is 3. The van der Waals surface area contributed by atoms with Crippen LogP contribution in [0.25, 0.3) is 0 Å². The van der Waals surface area contributed by atoms with Gasteiger partial charge in [0, 0.05) is 22.8 Å². The summed E-state index contributed by atoms with van der Waals surface area (Å²) in [5.41, 5.74) is 6.75. The lowest BCUT2D eigenvalue weighted by atomic mass is 10.3. The number of nitrogens with zero attached hydrogens (tertiary/aromatic N) is 2. The smallest absolute Gasteiger partial charge is 0.276 e. The number of hydrogen-bond donors (Lipinski definition) is 2. The SMILES string of the molecule is Cn1ncc(N)c1C(=O)Nc1cc(Cl)cc(Cl)c1. The van der Waals surface area contributed by atoms with Gasteiger partial charge in [-0.1, -0.05) is 23.2 Å². The summed E-state index contributed by atoms with van der Waals surface area (Å²) in [4.78, 5) is 12.0. The van der Waals surface area contributed by atoms with Crippen molar-refractivity contribution in [2.45, 2.75) is 0 Å². The third kappa shape index (κ3) is 2.57. The maximum atomic E-state index is 12.0. The van der Waals surface area contributed by atoms with E-state index in [1.54, 1.807) is 25.2 Å². The first-order valence-electron chi connectivity index (χ1n) is 5.02. The maximum absolute atomic E-state index is 12.0. The Hall–Kier alpha value is -1.72. The molecule has 0 atom stereocenters. The molecule has 0 aliphatic heterocycles. The van der Waals surface area contributed by atoms with E-state index in [1.165, 1.54) is 10.9 Å². The average molecular weight is 285 g/mol. The van der Waals surface area contributed by atoms with E-state index in [4.69, 9.17) is 28.9 Å². The van der Waals surface area contributed by atoms with E-state index < -0.39 is 0 Å². The monoisotopic (exact) mass is 284 g/mol. The van der Waals surface area contributed by atoms with Crippen LogP contribution in [0.3, 0.4) is 0 Å². The standard InChI is InChI=1S/C11H10Cl2N4O/c1-17-10(9(14)5-15-17)11(18)16-8-3-6(12)2-7(13)4-8/h2-5H,14H2,1H3,(H,16,18). The molecule has 1 amide bonds. The molecule has 0 saturated carbocycles. The van der Waals surface area contributed by atoms with Crippen LogP contribution < -0.4 is 11.1 Å². The summed E-state index contributed by atoms with van der Waals surface area (Å²) in [6, 6.07) is 4.77. The normalized spacial score (nSPS) is 10.4. The van der Waals surface area contributed by atoms with E-state index in [-0.39, 0.29) is 11.6 Å². The second-order valence-electron chi connectivity index (χ2n) is 3.68. The molecule has 2 rings (SSSR count). The van der Waals surface area contributed by atoms with Crippen molar-refractivity contribution in [3.8, 4) is 0 Å². The molecule has 2 aromatic rings. The van der Waals surface area contributed by atoms with Crippen LogP contribution in [0.15, 0.2) is 24.4 Å². The third-order valence-corrected chi connectivity index (χ3v) is 2.74. The van der Waals surface area contributed by atoms with E-state index in [1.807, 2.05) is 0 Å². The van der Waals surface area contributed by atoms with Crippen LogP contribution in [0.1, 0.15) is 10.5 Å². The van der Waals surface area contributed by atoms with Crippen LogP contribution >= 0.6 is 23.2 Å². The van der Waals surface area contributed by atoms with Gasteiger partial charge in [-0.3, -0.25) is 9.48 Å². The number of amides is 1. The highest BCUT2D eigenvalue weighted by Gasteiger charge is 2.15. The van der Waals surface area contributed by atoms with Gasteiger partial charge in [-0.25, -0.2) is 0 Å². The number of nitrogens with one attached hydrogen (secondary N) is 1. The molecule has 3 N–H and O–H groups in total. The Labute approximate surface area is 113 Å². The number of anilines is 2. The number of aromatic nitrogens is 2. The van der Waals surface area contributed by atoms with Gasteiger partial charge in [0.1, 0.15) is 5.69 Å². The highest BCUT2D eigenvalue weighted by atomic mass is 35.5. The van der Waals surface area contributed by atoms with Crippen molar-refractivity contribution in [2.24, 2.45) is 7.05 Å². The number of halogens is 2. The molecule has 7 heteroatoms. The Bertz CT molecular complexity index is 569. The van der Waals surface area contributed by atoms with Crippen LogP contribution in [0.2, 0.25) is 10.0 Å². The van der Waals surface area contributed by atoms with Crippen LogP contribution in [0.4, 0.5) is 11.4 Å². The number of carbonyl (C=O) groups excluding carboxylic acids is 1. The van der Waals surface area contributed by atoms with Gasteiger partial charge in [0.25, 0.3) is 5.91 Å². The van der Waals surface area contributed by atoms with Gasteiger partial charge in [0.15, 0.2) is 0 Å². The van der Waals surface area contributed by atoms with Crippen LogP contribution in [0, 0.1) is 0 Å². The lowest BCUT2D eigenvalue weighted by Crippen LogP contribution is -2.17. The highest BCUT2D eigenvalue weighted by molar-refractivity contribution is 6.35. The van der Waals surface area contributed by atoms with Gasteiger partial charge in [0.2, 0.25) is 0 Å². The predicted octanol–water partition coefficient (Wildman–Crippen LogP) is 2.56. The Morgan fingerprint density at radius 1 is 1.33 bits per heavy atom. The van der Waals surface area contributed by atoms with Gasteiger partial charge in [-0.2, -0.15) is 5.10 Å². The zero-order valence-electron chi connectivity index (χ0n) is 9.45. The molecule has 5 nitrogen and oxygen atoms in total. The Balaban J connectivity index is 2.27. The molecule has 1 aromatic carbocycles. The summed E-state index contributed by atoms with van der Waals surface area (Å²) in [5, 5.41) is 7.43. The minimum Gasteiger partial charge on any atom is -0.396 e. The Morgan fingerprint density at radius 3 is 2.44 bits per heavy atom. The first-order valence-corrected chi connectivity index (χ1v) is 5.78. The maximum Gasteiger partial charge on any atom is 0.276 e. The molecule has 94 valence electrons. The zero-order chi connectivity index (χ0) is 13.3. The number of carbonyl (C=O) groups is 1. The van der Waals surface area contributed by atoms with Crippen molar-refractivity contribution in [1.29, 1.82) is 0 Å². The number of benzene rings is 1. The minimum absolute atomic E-state index is 0.283. The van der Waals surface area contributed by atoms with Crippen LogP contribution in [-0.2, 0) is 7.05 Å². The highest BCUT2D eigenvalue weighted by Crippen LogP contribution is 2.23. The molecule has 0 bridgehead atoms. The van der Waals surface area contributed by atoms with Gasteiger partial charge >= 0.3 is 0 Å². The molecular formula is C11H10Cl2N4O. The molecule has 1 heterocycles. The fraction of sp³-hybridized carbons (Fsp3) is 0.0909. The van der Waals surface area contributed by atoms with E-state index in [0.29, 0.717) is 21.4 Å². The molecule has 0 spiro atoms. The number of nitrogen functional groups attached to an aromatic ring is 1. The Kier molecular flexibility index (Phi) is 3.45. The van der Waals surface area contributed by atoms with Crippen molar-refractivity contribution in [3.05, 3.63) is 40.1 Å². The first kappa shape index (κ1) is 12.7. The number of rotatable bonds is 2. The van der Waals surface area contributed by atoms with Gasteiger partial charge < -0.3 is 11.1 Å². The number of nitrogens with two attached hydrogens (primary N) is 1. The van der Waals surface area contributed by atoms with Crippen molar-refractivity contribution in [1.82, 2.24) is 9.78 Å². The molecule has 18 heavy (non-hydrogen) atoms. The zero-order valence-corrected chi connectivity index (χ0v) is 11.0. The second kappa shape index (κ2) is 4.88. The van der Waals surface area contributed by atoms with E-state index >= 15 is 0 Å². The Morgan fingerprint density at radius 2 is 1.94 bits per heavy atom. The summed E-state index contributed by atoms with van der Waals surface area (Å²) in [5.74, 6) is -0.370. The fourth-order valence-corrected chi connectivity index (χ4v) is 2.07. The van der Waals surface area contributed by atoms with Gasteiger partial charge in [-0.15, -0.1) is 0 Å². The average Bonchev–Trinajstić information content (AvgIpc) is 2.56. The van der Waals surface area contributed by atoms with E-state index in [2.05, 4.69) is 10.4 Å².